The number of nitrogens with zero attached hydrogens (tertiary/aromatic N) is 4. The molecule has 5 aromatic heterocycles. The van der Waals surface area contributed by atoms with Crippen molar-refractivity contribution in [2.24, 2.45) is 5.92 Å². The number of aromatic amines is 2. The van der Waals surface area contributed by atoms with Gasteiger partial charge in [0.1, 0.15) is 5.69 Å². The Morgan fingerprint density at radius 2 is 2.06 bits per heavy atom. The van der Waals surface area contributed by atoms with Crippen molar-refractivity contribution >= 4 is 39.1 Å². The molecular weight excluding hydrogens is 466 g/mol. The average molecular weight is 494 g/mol. The van der Waals surface area contributed by atoms with Gasteiger partial charge in [0.2, 0.25) is 0 Å². The summed E-state index contributed by atoms with van der Waals surface area (Å²) in [6, 6.07) is 6.17. The molecule has 0 unspecified atom stereocenters. The van der Waals surface area contributed by atoms with Crippen LogP contribution in [0.2, 0.25) is 0 Å². The zero-order valence-electron chi connectivity index (χ0n) is 20.5. The molecule has 0 aliphatic rings. The predicted molar refractivity (Wildman–Crippen MR) is 149 cm³/mol. The average Bonchev–Trinajstić information content (AvgIpc) is 3.64. The second kappa shape index (κ2) is 9.75. The fourth-order valence-corrected chi connectivity index (χ4v) is 4.56. The predicted octanol–water partition coefficient (Wildman–Crippen LogP) is 6.86. The van der Waals surface area contributed by atoms with Gasteiger partial charge in [0.15, 0.2) is 17.1 Å². The van der Waals surface area contributed by atoms with E-state index < -0.39 is 0 Å². The second-order valence-electron chi connectivity index (χ2n) is 8.70. The number of rotatable bonds is 8. The van der Waals surface area contributed by atoms with Gasteiger partial charge in [0.25, 0.3) is 0 Å². The van der Waals surface area contributed by atoms with Gasteiger partial charge in [-0.1, -0.05) is 33.1 Å². The highest BCUT2D eigenvalue weighted by Crippen LogP contribution is 2.32. The van der Waals surface area contributed by atoms with Crippen LogP contribution in [0.25, 0.3) is 50.4 Å². The van der Waals surface area contributed by atoms with E-state index in [-0.39, 0.29) is 0 Å². The molecule has 0 atom stereocenters. The van der Waals surface area contributed by atoms with Crippen LogP contribution < -0.4 is 5.32 Å². The highest BCUT2D eigenvalue weighted by molar-refractivity contribution is 7.08. The molecule has 0 bridgehead atoms. The molecule has 5 heterocycles. The number of allylic oxidation sites excluding steroid dienone is 5. The van der Waals surface area contributed by atoms with Crippen molar-refractivity contribution in [3.8, 4) is 22.6 Å². The first-order valence-electron chi connectivity index (χ1n) is 11.7. The van der Waals surface area contributed by atoms with Gasteiger partial charge in [-0.2, -0.15) is 16.4 Å². The number of hydrogen-bond donors (Lipinski definition) is 3. The van der Waals surface area contributed by atoms with Crippen molar-refractivity contribution in [3.05, 3.63) is 89.7 Å². The molecule has 0 aliphatic carbocycles. The van der Waals surface area contributed by atoms with Gasteiger partial charge >= 0.3 is 0 Å². The van der Waals surface area contributed by atoms with Crippen LogP contribution in [-0.4, -0.2) is 30.1 Å². The minimum absolute atomic E-state index is 0.312. The molecule has 0 spiro atoms. The van der Waals surface area contributed by atoms with Crippen LogP contribution in [0.3, 0.4) is 0 Å². The summed E-state index contributed by atoms with van der Waals surface area (Å²) >= 11 is 1.66. The molecule has 0 saturated carbocycles. The zero-order valence-corrected chi connectivity index (χ0v) is 21.3. The first-order chi connectivity index (χ1) is 17.5. The number of H-pyrrole nitrogens is 2. The summed E-state index contributed by atoms with van der Waals surface area (Å²) in [5, 5.41) is 15.9. The van der Waals surface area contributed by atoms with E-state index in [0.717, 1.165) is 50.3 Å². The van der Waals surface area contributed by atoms with Gasteiger partial charge in [0, 0.05) is 34.9 Å². The number of aromatic nitrogens is 6. The van der Waals surface area contributed by atoms with E-state index in [0.29, 0.717) is 23.0 Å². The van der Waals surface area contributed by atoms with Gasteiger partial charge in [-0.15, -0.1) is 0 Å². The Morgan fingerprint density at radius 1 is 1.19 bits per heavy atom. The first kappa shape index (κ1) is 23.4. The highest BCUT2D eigenvalue weighted by Gasteiger charge is 2.17. The van der Waals surface area contributed by atoms with Crippen molar-refractivity contribution < 1.29 is 0 Å². The van der Waals surface area contributed by atoms with Crippen LogP contribution >= 0.6 is 11.3 Å². The molecule has 3 N–H and O–H groups in total. The third kappa shape index (κ3) is 4.38. The van der Waals surface area contributed by atoms with E-state index in [1.54, 1.807) is 23.6 Å². The van der Waals surface area contributed by atoms with Crippen LogP contribution in [0.5, 0.6) is 0 Å². The molecule has 0 aliphatic heterocycles. The maximum Gasteiger partial charge on any atom is 0.181 e. The summed E-state index contributed by atoms with van der Waals surface area (Å²) in [4.78, 5) is 17.3. The van der Waals surface area contributed by atoms with E-state index >= 15 is 0 Å². The van der Waals surface area contributed by atoms with Crippen molar-refractivity contribution in [2.75, 3.05) is 0 Å². The summed E-state index contributed by atoms with van der Waals surface area (Å²) in [5.41, 5.74) is 8.90. The quantitative estimate of drug-likeness (QED) is 0.205. The molecule has 5 aromatic rings. The van der Waals surface area contributed by atoms with Crippen LogP contribution in [0.4, 0.5) is 0 Å². The summed E-state index contributed by atoms with van der Waals surface area (Å²) in [6.45, 7) is 14.3. The van der Waals surface area contributed by atoms with Gasteiger partial charge in [-0.3, -0.25) is 5.10 Å². The third-order valence-corrected chi connectivity index (χ3v) is 6.73. The SMILES string of the molecule is C=C/C(=C\C(=C/C)c1cnc2n[nH]c(-c3nc4nccc(-c5ccsc5)c4[nH]3)c2c1)NC(=C)C(C)C. The number of fused-ring (bicyclic) bond motifs is 2. The highest BCUT2D eigenvalue weighted by atomic mass is 32.1. The van der Waals surface area contributed by atoms with Crippen LogP contribution in [0.1, 0.15) is 26.3 Å². The Hall–Kier alpha value is -4.30. The number of thiophene rings is 1. The van der Waals surface area contributed by atoms with Gasteiger partial charge in [0.05, 0.1) is 10.9 Å². The summed E-state index contributed by atoms with van der Waals surface area (Å²) < 4.78 is 0. The molecule has 5 rings (SSSR count). The number of pyridine rings is 2. The molecule has 0 fully saturated rings. The van der Waals surface area contributed by atoms with Crippen LogP contribution in [0, 0.1) is 5.92 Å². The van der Waals surface area contributed by atoms with E-state index in [1.165, 1.54) is 0 Å². The maximum absolute atomic E-state index is 4.76. The molecule has 7 nitrogen and oxygen atoms in total. The van der Waals surface area contributed by atoms with Crippen molar-refractivity contribution in [1.82, 2.24) is 35.5 Å². The van der Waals surface area contributed by atoms with E-state index in [1.807, 2.05) is 31.3 Å². The van der Waals surface area contributed by atoms with E-state index in [4.69, 9.17) is 4.98 Å². The molecule has 36 heavy (non-hydrogen) atoms. The lowest BCUT2D eigenvalue weighted by atomic mass is 10.0. The number of imidazole rings is 1. The van der Waals surface area contributed by atoms with Crippen molar-refractivity contribution in [1.29, 1.82) is 0 Å². The standard InChI is InChI=1S/C28H27N7S/c1-6-18(12-21(7-2)31-17(5)16(3)4)20-13-23-25(34-35-26(23)30-14-20)28-32-24-22(19-9-11-36-15-19)8-10-29-27(24)33-28/h6-16,31H,2,5H2,1,3-4H3,(H,29,32,33)(H,30,34,35)/b18-6+,21-12+. The molecule has 8 heteroatoms. The molecule has 0 amide bonds. The zero-order chi connectivity index (χ0) is 25.2. The normalized spacial score (nSPS) is 12.6. The number of nitrogens with one attached hydrogen (secondary N) is 3. The Morgan fingerprint density at radius 3 is 2.78 bits per heavy atom. The lowest BCUT2D eigenvalue weighted by Crippen LogP contribution is -2.14. The fourth-order valence-electron chi connectivity index (χ4n) is 3.90. The minimum Gasteiger partial charge on any atom is -0.359 e. The van der Waals surface area contributed by atoms with Gasteiger partial charge < -0.3 is 10.3 Å². The molecule has 180 valence electrons. The lowest BCUT2D eigenvalue weighted by Gasteiger charge is -2.14. The maximum atomic E-state index is 4.76. The Labute approximate surface area is 213 Å². The molecule has 0 saturated heterocycles. The molecule has 0 radical (unpaired) electrons. The third-order valence-electron chi connectivity index (χ3n) is 6.05. The lowest BCUT2D eigenvalue weighted by molar-refractivity contribution is 0.710. The molecular formula is C28H27N7S. The van der Waals surface area contributed by atoms with Crippen LogP contribution in [-0.2, 0) is 0 Å². The van der Waals surface area contributed by atoms with Gasteiger partial charge in [-0.25, -0.2) is 15.0 Å². The van der Waals surface area contributed by atoms with Crippen LogP contribution in [0.15, 0.2) is 84.1 Å². The van der Waals surface area contributed by atoms with Crippen molar-refractivity contribution in [3.63, 3.8) is 0 Å². The summed E-state index contributed by atoms with van der Waals surface area (Å²) in [6.07, 6.45) is 9.49. The summed E-state index contributed by atoms with van der Waals surface area (Å²) in [5.74, 6) is 0.980. The van der Waals surface area contributed by atoms with E-state index in [2.05, 4.69) is 80.4 Å². The second-order valence-corrected chi connectivity index (χ2v) is 9.48. The monoisotopic (exact) mass is 493 g/mol. The van der Waals surface area contributed by atoms with E-state index in [9.17, 15) is 0 Å². The van der Waals surface area contributed by atoms with Crippen molar-refractivity contribution in [2.45, 2.75) is 20.8 Å². The fraction of sp³-hybridized carbons (Fsp3) is 0.143. The smallest absolute Gasteiger partial charge is 0.181 e. The Kier molecular flexibility index (Phi) is 6.35. The molecule has 0 aromatic carbocycles. The Bertz CT molecular complexity index is 1630. The topological polar surface area (TPSA) is 95.2 Å². The Balaban J connectivity index is 1.56. The first-order valence-corrected chi connectivity index (χ1v) is 12.6. The number of hydrogen-bond acceptors (Lipinski definition) is 6. The summed E-state index contributed by atoms with van der Waals surface area (Å²) in [7, 11) is 0. The van der Waals surface area contributed by atoms with Gasteiger partial charge in [-0.05, 0) is 65.1 Å². The minimum atomic E-state index is 0.312. The largest absolute Gasteiger partial charge is 0.359 e.